The summed E-state index contributed by atoms with van der Waals surface area (Å²) in [7, 11) is 0. The lowest BCUT2D eigenvalue weighted by Gasteiger charge is -2.37. The second-order valence-corrected chi connectivity index (χ2v) is 7.28. The summed E-state index contributed by atoms with van der Waals surface area (Å²) < 4.78 is 11.3. The number of ether oxygens (including phenoxy) is 1. The third kappa shape index (κ3) is 3.44. The molecule has 0 radical (unpaired) electrons. The standard InChI is InChI=1S/C21H24N2O4/c1-13-11-17(14(2)27-13)20(24)22-15-6-7-19-18(12-15)21(25)23-9-4-3-5-16(23)8-10-26-19/h6-7,11-12,16H,3-5,8-10H2,1-2H3,(H,22,24)/t16-/m1/s1. The normalized spacial score (nSPS) is 19.4. The van der Waals surface area contributed by atoms with E-state index in [0.717, 1.165) is 32.2 Å². The number of piperidine rings is 1. The topological polar surface area (TPSA) is 71.8 Å². The number of hydrogen-bond acceptors (Lipinski definition) is 4. The van der Waals surface area contributed by atoms with Crippen molar-refractivity contribution in [3.8, 4) is 5.75 Å². The van der Waals surface area contributed by atoms with Gasteiger partial charge in [-0.3, -0.25) is 9.59 Å². The lowest BCUT2D eigenvalue weighted by molar-refractivity contribution is 0.0548. The van der Waals surface area contributed by atoms with Gasteiger partial charge in [-0.2, -0.15) is 0 Å². The van der Waals surface area contributed by atoms with E-state index in [4.69, 9.17) is 9.15 Å². The summed E-state index contributed by atoms with van der Waals surface area (Å²) in [5.74, 6) is 1.58. The highest BCUT2D eigenvalue weighted by Gasteiger charge is 2.31. The first-order valence-electron chi connectivity index (χ1n) is 9.49. The van der Waals surface area contributed by atoms with E-state index in [0.29, 0.717) is 40.7 Å². The molecule has 0 spiro atoms. The lowest BCUT2D eigenvalue weighted by atomic mass is 9.97. The van der Waals surface area contributed by atoms with Crippen LogP contribution in [0.3, 0.4) is 0 Å². The number of aryl methyl sites for hydroxylation is 2. The van der Waals surface area contributed by atoms with Gasteiger partial charge in [0.1, 0.15) is 17.3 Å². The zero-order valence-corrected chi connectivity index (χ0v) is 15.7. The second kappa shape index (κ2) is 7.10. The zero-order valence-electron chi connectivity index (χ0n) is 15.7. The Morgan fingerprint density at radius 3 is 2.81 bits per heavy atom. The molecule has 0 unspecified atom stereocenters. The molecule has 4 rings (SSSR count). The van der Waals surface area contributed by atoms with Crippen molar-refractivity contribution in [1.29, 1.82) is 0 Å². The Kier molecular flexibility index (Phi) is 4.64. The lowest BCUT2D eigenvalue weighted by Crippen LogP contribution is -2.45. The maximum Gasteiger partial charge on any atom is 0.259 e. The average Bonchev–Trinajstić information content (AvgIpc) is 2.99. The Morgan fingerprint density at radius 1 is 1.19 bits per heavy atom. The predicted molar refractivity (Wildman–Crippen MR) is 101 cm³/mol. The van der Waals surface area contributed by atoms with Crippen molar-refractivity contribution in [1.82, 2.24) is 4.90 Å². The van der Waals surface area contributed by atoms with Gasteiger partial charge in [0.15, 0.2) is 0 Å². The summed E-state index contributed by atoms with van der Waals surface area (Å²) in [5, 5.41) is 2.87. The Balaban J connectivity index is 1.61. The van der Waals surface area contributed by atoms with Crippen LogP contribution in [0.25, 0.3) is 0 Å². The third-order valence-corrected chi connectivity index (χ3v) is 5.35. The first-order chi connectivity index (χ1) is 13.0. The van der Waals surface area contributed by atoms with Gasteiger partial charge in [0.25, 0.3) is 11.8 Å². The fourth-order valence-corrected chi connectivity index (χ4v) is 3.98. The first kappa shape index (κ1) is 17.6. The van der Waals surface area contributed by atoms with Crippen LogP contribution in [0.4, 0.5) is 5.69 Å². The van der Waals surface area contributed by atoms with Gasteiger partial charge in [-0.1, -0.05) is 0 Å². The summed E-state index contributed by atoms with van der Waals surface area (Å²) in [6, 6.07) is 7.20. The van der Waals surface area contributed by atoms with Crippen molar-refractivity contribution in [2.24, 2.45) is 0 Å². The molecule has 1 atom stereocenters. The van der Waals surface area contributed by atoms with Crippen molar-refractivity contribution < 1.29 is 18.7 Å². The van der Waals surface area contributed by atoms with E-state index < -0.39 is 0 Å². The van der Waals surface area contributed by atoms with Crippen molar-refractivity contribution in [2.75, 3.05) is 18.5 Å². The molecular weight excluding hydrogens is 344 g/mol. The van der Waals surface area contributed by atoms with E-state index in [1.807, 2.05) is 4.90 Å². The van der Waals surface area contributed by atoms with Gasteiger partial charge in [-0.25, -0.2) is 0 Å². The molecule has 3 heterocycles. The first-order valence-corrected chi connectivity index (χ1v) is 9.49. The second-order valence-electron chi connectivity index (χ2n) is 7.28. The molecule has 6 nitrogen and oxygen atoms in total. The molecule has 27 heavy (non-hydrogen) atoms. The van der Waals surface area contributed by atoms with E-state index in [2.05, 4.69) is 5.32 Å². The predicted octanol–water partition coefficient (Wildman–Crippen LogP) is 3.93. The minimum Gasteiger partial charge on any atom is -0.493 e. The molecular formula is C21H24N2O4. The highest BCUT2D eigenvalue weighted by atomic mass is 16.5. The minimum atomic E-state index is -0.251. The van der Waals surface area contributed by atoms with Crippen LogP contribution in [-0.4, -0.2) is 35.9 Å². The number of furan rings is 1. The van der Waals surface area contributed by atoms with Crippen LogP contribution in [0, 0.1) is 13.8 Å². The van der Waals surface area contributed by atoms with Gasteiger partial charge in [0.2, 0.25) is 0 Å². The van der Waals surface area contributed by atoms with E-state index in [1.165, 1.54) is 0 Å². The Labute approximate surface area is 158 Å². The van der Waals surface area contributed by atoms with E-state index in [-0.39, 0.29) is 17.9 Å². The number of hydrogen-bond donors (Lipinski definition) is 1. The molecule has 1 N–H and O–H groups in total. The van der Waals surface area contributed by atoms with Crippen LogP contribution in [0.5, 0.6) is 5.75 Å². The molecule has 1 aromatic heterocycles. The number of amides is 2. The Bertz CT molecular complexity index is 886. The summed E-state index contributed by atoms with van der Waals surface area (Å²) in [4.78, 5) is 27.6. The fourth-order valence-electron chi connectivity index (χ4n) is 3.98. The fraction of sp³-hybridized carbons (Fsp3) is 0.429. The molecule has 142 valence electrons. The summed E-state index contributed by atoms with van der Waals surface area (Å²) in [5.41, 5.74) is 1.58. The van der Waals surface area contributed by atoms with Crippen LogP contribution in [0.2, 0.25) is 0 Å². The van der Waals surface area contributed by atoms with Crippen LogP contribution >= 0.6 is 0 Å². The zero-order chi connectivity index (χ0) is 19.0. The van der Waals surface area contributed by atoms with Gasteiger partial charge >= 0.3 is 0 Å². The molecule has 2 aliphatic heterocycles. The van der Waals surface area contributed by atoms with E-state index >= 15 is 0 Å². The Morgan fingerprint density at radius 2 is 2.04 bits per heavy atom. The largest absolute Gasteiger partial charge is 0.493 e. The van der Waals surface area contributed by atoms with E-state index in [1.54, 1.807) is 38.1 Å². The van der Waals surface area contributed by atoms with Gasteiger partial charge in [-0.15, -0.1) is 0 Å². The van der Waals surface area contributed by atoms with Gasteiger partial charge < -0.3 is 19.4 Å². The summed E-state index contributed by atoms with van der Waals surface area (Å²) >= 11 is 0. The smallest absolute Gasteiger partial charge is 0.259 e. The number of nitrogens with one attached hydrogen (secondary N) is 1. The highest BCUT2D eigenvalue weighted by molar-refractivity contribution is 6.06. The van der Waals surface area contributed by atoms with Crippen LogP contribution in [0.15, 0.2) is 28.7 Å². The summed E-state index contributed by atoms with van der Waals surface area (Å²) in [6.07, 6.45) is 4.08. The molecule has 0 saturated carbocycles. The van der Waals surface area contributed by atoms with Crippen molar-refractivity contribution in [3.63, 3.8) is 0 Å². The number of rotatable bonds is 2. The van der Waals surface area contributed by atoms with Gasteiger partial charge in [-0.05, 0) is 57.4 Å². The van der Waals surface area contributed by atoms with Crippen molar-refractivity contribution in [3.05, 3.63) is 46.9 Å². The molecule has 1 saturated heterocycles. The maximum atomic E-state index is 13.1. The molecule has 1 fully saturated rings. The Hall–Kier alpha value is -2.76. The van der Waals surface area contributed by atoms with Gasteiger partial charge in [0, 0.05) is 24.7 Å². The molecule has 1 aromatic carbocycles. The number of carbonyl (C=O) groups excluding carboxylic acids is 2. The average molecular weight is 368 g/mol. The molecule has 0 bridgehead atoms. The molecule has 2 aromatic rings. The van der Waals surface area contributed by atoms with Crippen LogP contribution in [-0.2, 0) is 0 Å². The maximum absolute atomic E-state index is 13.1. The SMILES string of the molecule is Cc1cc(C(=O)Nc2ccc3c(c2)C(=O)N2CCCC[C@@H]2CCO3)c(C)o1. The molecule has 0 aliphatic carbocycles. The number of anilines is 1. The number of nitrogens with zero attached hydrogens (tertiary/aromatic N) is 1. The van der Waals surface area contributed by atoms with Crippen LogP contribution in [0.1, 0.15) is 57.9 Å². The molecule has 6 heteroatoms. The van der Waals surface area contributed by atoms with Crippen LogP contribution < -0.4 is 10.1 Å². The van der Waals surface area contributed by atoms with Gasteiger partial charge in [0.05, 0.1) is 17.7 Å². The van der Waals surface area contributed by atoms with Crippen molar-refractivity contribution in [2.45, 2.75) is 45.6 Å². The molecule has 2 aliphatic rings. The highest BCUT2D eigenvalue weighted by Crippen LogP contribution is 2.31. The quantitative estimate of drug-likeness (QED) is 0.872. The van der Waals surface area contributed by atoms with Crippen molar-refractivity contribution >= 4 is 17.5 Å². The minimum absolute atomic E-state index is 0.0131. The molecule has 2 amide bonds. The summed E-state index contributed by atoms with van der Waals surface area (Å²) in [6.45, 7) is 4.95. The number of carbonyl (C=O) groups is 2. The number of fused-ring (bicyclic) bond motifs is 2. The third-order valence-electron chi connectivity index (χ3n) is 5.35. The monoisotopic (exact) mass is 368 g/mol. The van der Waals surface area contributed by atoms with E-state index in [9.17, 15) is 9.59 Å². The number of benzene rings is 1.